The van der Waals surface area contributed by atoms with Crippen LogP contribution in [-0.4, -0.2) is 75.8 Å². The normalized spacial score (nSPS) is 45.2. The van der Waals surface area contributed by atoms with E-state index in [1.165, 1.54) is 11.9 Å². The predicted octanol–water partition coefficient (Wildman–Crippen LogP) is -3.52. The number of rotatable bonds is 2. The molecule has 7 nitrogen and oxygen atoms in total. The minimum absolute atomic E-state index is 0.309. The van der Waals surface area contributed by atoms with Crippen molar-refractivity contribution >= 4 is 6.41 Å². The number of aliphatic hydroxyl groups is 4. The molecule has 1 heterocycles. The van der Waals surface area contributed by atoms with Gasteiger partial charge in [0.05, 0.1) is 24.8 Å². The molecule has 7 heteroatoms. The fourth-order valence-electron chi connectivity index (χ4n) is 2.36. The van der Waals surface area contributed by atoms with Crippen LogP contribution < -0.4 is 5.73 Å². The van der Waals surface area contributed by atoms with Crippen molar-refractivity contribution in [1.29, 1.82) is 0 Å². The number of likely N-dealkylation sites (tertiary alicyclic amines) is 1. The highest BCUT2D eigenvalue weighted by Gasteiger charge is 2.63. The monoisotopic (exact) mass is 234 g/mol. The van der Waals surface area contributed by atoms with Crippen molar-refractivity contribution < 1.29 is 25.2 Å². The van der Waals surface area contributed by atoms with Crippen LogP contribution in [0.25, 0.3) is 0 Å². The van der Waals surface area contributed by atoms with Gasteiger partial charge in [-0.25, -0.2) is 0 Å². The van der Waals surface area contributed by atoms with Crippen LogP contribution in [0.15, 0.2) is 0 Å². The molecule has 0 aromatic rings. The molecule has 0 spiro atoms. The number of nitrogens with two attached hydrogens (primary N) is 1. The minimum Gasteiger partial charge on any atom is -0.396 e. The van der Waals surface area contributed by atoms with Crippen LogP contribution in [0.5, 0.6) is 0 Å². The summed E-state index contributed by atoms with van der Waals surface area (Å²) in [7, 11) is 1.50. The molecule has 1 aliphatic heterocycles. The van der Waals surface area contributed by atoms with Gasteiger partial charge in [-0.3, -0.25) is 4.79 Å². The zero-order valence-electron chi connectivity index (χ0n) is 8.97. The summed E-state index contributed by atoms with van der Waals surface area (Å²) in [6, 6.07) is -0.797. The summed E-state index contributed by atoms with van der Waals surface area (Å²) in [5.74, 6) is -0.566. The summed E-state index contributed by atoms with van der Waals surface area (Å²) < 4.78 is 0. The Morgan fingerprint density at radius 1 is 1.12 bits per heavy atom. The molecule has 6 atom stereocenters. The second-order valence-electron chi connectivity index (χ2n) is 3.85. The zero-order chi connectivity index (χ0) is 12.5. The van der Waals surface area contributed by atoms with E-state index in [1.807, 2.05) is 0 Å². The first-order valence-corrected chi connectivity index (χ1v) is 5.09. The van der Waals surface area contributed by atoms with Crippen LogP contribution in [0, 0.1) is 5.92 Å². The van der Waals surface area contributed by atoms with Gasteiger partial charge >= 0.3 is 0 Å². The first-order valence-electron chi connectivity index (χ1n) is 5.09. The van der Waals surface area contributed by atoms with Crippen molar-refractivity contribution in [3.05, 3.63) is 0 Å². The van der Waals surface area contributed by atoms with Crippen LogP contribution in [0.2, 0.25) is 0 Å². The van der Waals surface area contributed by atoms with Gasteiger partial charge in [0.25, 0.3) is 0 Å². The number of nitrogens with zero attached hydrogens (tertiary/aromatic N) is 1. The Morgan fingerprint density at radius 3 is 2.12 bits per heavy atom. The van der Waals surface area contributed by atoms with Gasteiger partial charge in [-0.05, 0) is 7.05 Å². The van der Waals surface area contributed by atoms with E-state index >= 15 is 0 Å². The Morgan fingerprint density at radius 2 is 1.69 bits per heavy atom. The van der Waals surface area contributed by atoms with Gasteiger partial charge < -0.3 is 31.1 Å². The Hall–Kier alpha value is -0.730. The number of fused-ring (bicyclic) bond motifs is 1. The van der Waals surface area contributed by atoms with Gasteiger partial charge in [0.15, 0.2) is 0 Å². The molecule has 0 aromatic heterocycles. The number of carbonyl (C=O) groups excluding carboxylic acids is 1. The Bertz CT molecular complexity index is 252. The summed E-state index contributed by atoms with van der Waals surface area (Å²) >= 11 is 0. The largest absolute Gasteiger partial charge is 0.396 e. The van der Waals surface area contributed by atoms with Gasteiger partial charge in [0.1, 0.15) is 12.2 Å². The molecule has 1 saturated carbocycles. The quantitative estimate of drug-likeness (QED) is 0.249. The fourth-order valence-corrected chi connectivity index (χ4v) is 2.36. The predicted molar refractivity (Wildman–Crippen MR) is 54.2 cm³/mol. The Kier molecular flexibility index (Phi) is 4.22. The van der Waals surface area contributed by atoms with Gasteiger partial charge in [-0.15, -0.1) is 0 Å². The lowest BCUT2D eigenvalue weighted by atomic mass is 9.83. The summed E-state index contributed by atoms with van der Waals surface area (Å²) in [5.41, 5.74) is 4.50. The molecule has 6 unspecified atom stereocenters. The first-order chi connectivity index (χ1) is 7.63. The van der Waals surface area contributed by atoms with Gasteiger partial charge in [-0.2, -0.15) is 0 Å². The molecule has 2 rings (SSSR count). The Balaban J connectivity index is 0.000000606. The number of aliphatic hydroxyl groups excluding tert-OH is 4. The fraction of sp³-hybridized carbons (Fsp3) is 0.889. The van der Waals surface area contributed by atoms with E-state index in [1.54, 1.807) is 0 Å². The lowest BCUT2D eigenvalue weighted by Gasteiger charge is -2.31. The van der Waals surface area contributed by atoms with E-state index in [0.717, 1.165) is 0 Å². The van der Waals surface area contributed by atoms with Gasteiger partial charge in [-0.1, -0.05) is 0 Å². The number of amides is 1. The number of hydrogen-bond donors (Lipinski definition) is 5. The summed E-state index contributed by atoms with van der Waals surface area (Å²) in [5, 5.41) is 37.4. The average Bonchev–Trinajstić information content (AvgIpc) is 3.04. The molecular formula is C9H18N2O5. The summed E-state index contributed by atoms with van der Waals surface area (Å²) in [6.07, 6.45) is -3.03. The third-order valence-electron chi connectivity index (χ3n) is 3.21. The topological polar surface area (TPSA) is 127 Å². The van der Waals surface area contributed by atoms with Gasteiger partial charge in [0, 0.05) is 5.92 Å². The molecule has 0 bridgehead atoms. The van der Waals surface area contributed by atoms with E-state index in [4.69, 9.17) is 5.11 Å². The van der Waals surface area contributed by atoms with Crippen molar-refractivity contribution in [3.63, 3.8) is 0 Å². The molecule has 2 fully saturated rings. The highest BCUT2D eigenvalue weighted by Crippen LogP contribution is 2.42. The third kappa shape index (κ3) is 1.80. The van der Waals surface area contributed by atoms with E-state index in [0.29, 0.717) is 6.41 Å². The highest BCUT2D eigenvalue weighted by molar-refractivity contribution is 5.55. The molecule has 0 aromatic carbocycles. The number of carbonyl (C=O) groups is 1. The Labute approximate surface area is 93.1 Å². The number of hydrogen-bond acceptors (Lipinski definition) is 6. The van der Waals surface area contributed by atoms with Crippen molar-refractivity contribution in [2.24, 2.45) is 11.7 Å². The minimum atomic E-state index is -1.29. The lowest BCUT2D eigenvalue weighted by molar-refractivity contribution is -0.115. The highest BCUT2D eigenvalue weighted by atomic mass is 16.4. The van der Waals surface area contributed by atoms with Crippen LogP contribution in [0.4, 0.5) is 0 Å². The van der Waals surface area contributed by atoms with E-state index < -0.39 is 30.3 Å². The smallest absolute Gasteiger partial charge is 0.210 e. The van der Waals surface area contributed by atoms with Gasteiger partial charge in [0.2, 0.25) is 6.41 Å². The first kappa shape index (κ1) is 13.3. The SMILES string of the molecule is CN.O=CN1C2C(O)C(O)C(O)C(CO)C21. The maximum atomic E-state index is 10.5. The molecule has 94 valence electrons. The molecule has 1 aliphatic carbocycles. The summed E-state index contributed by atoms with van der Waals surface area (Å²) in [4.78, 5) is 11.8. The lowest BCUT2D eigenvalue weighted by Crippen LogP contribution is -2.52. The second-order valence-corrected chi connectivity index (χ2v) is 3.85. The third-order valence-corrected chi connectivity index (χ3v) is 3.21. The van der Waals surface area contributed by atoms with Crippen molar-refractivity contribution in [1.82, 2.24) is 4.90 Å². The van der Waals surface area contributed by atoms with Crippen molar-refractivity contribution in [2.75, 3.05) is 13.7 Å². The van der Waals surface area contributed by atoms with Crippen LogP contribution in [0.3, 0.4) is 0 Å². The van der Waals surface area contributed by atoms with Crippen LogP contribution in [-0.2, 0) is 4.79 Å². The van der Waals surface area contributed by atoms with E-state index in [9.17, 15) is 20.1 Å². The molecule has 1 saturated heterocycles. The maximum absolute atomic E-state index is 10.5. The van der Waals surface area contributed by atoms with Crippen LogP contribution >= 0.6 is 0 Å². The van der Waals surface area contributed by atoms with Crippen LogP contribution in [0.1, 0.15) is 0 Å². The van der Waals surface area contributed by atoms with Crippen molar-refractivity contribution in [3.8, 4) is 0 Å². The molecule has 1 amide bonds. The average molecular weight is 234 g/mol. The summed E-state index contributed by atoms with van der Waals surface area (Å²) in [6.45, 7) is -0.309. The standard InChI is InChI=1S/C8H13NO5.CH5N/c10-1-3-4-5(9(4)2-11)7(13)8(14)6(3)12;1-2/h2-8,10,12-14H,1H2;2H2,1H3. The molecule has 16 heavy (non-hydrogen) atoms. The zero-order valence-corrected chi connectivity index (χ0v) is 8.97. The van der Waals surface area contributed by atoms with Crippen molar-refractivity contribution in [2.45, 2.75) is 30.4 Å². The van der Waals surface area contributed by atoms with E-state index in [2.05, 4.69) is 5.73 Å². The molecular weight excluding hydrogens is 216 g/mol. The molecule has 0 radical (unpaired) electrons. The van der Waals surface area contributed by atoms with E-state index in [-0.39, 0.29) is 12.6 Å². The molecule has 6 N–H and O–H groups in total. The molecule has 2 aliphatic rings. The maximum Gasteiger partial charge on any atom is 0.210 e. The second kappa shape index (κ2) is 5.07.